The number of benzene rings is 3. The maximum atomic E-state index is 4.49. The van der Waals surface area contributed by atoms with E-state index in [1.165, 1.54) is 16.0 Å². The van der Waals surface area contributed by atoms with E-state index in [0.717, 1.165) is 22.5 Å². The summed E-state index contributed by atoms with van der Waals surface area (Å²) < 4.78 is 0. The van der Waals surface area contributed by atoms with Gasteiger partial charge in [-0.15, -0.1) is 0 Å². The quantitative estimate of drug-likeness (QED) is 0.192. The van der Waals surface area contributed by atoms with Crippen LogP contribution in [0, 0.1) is 0 Å². The Kier molecular flexibility index (Phi) is 13.0. The molecular formula is C32H39N3OsP2. The van der Waals surface area contributed by atoms with Gasteiger partial charge < -0.3 is 0 Å². The predicted molar refractivity (Wildman–Crippen MR) is 168 cm³/mol. The molecular weight excluding hydrogens is 679 g/mol. The zero-order valence-corrected chi connectivity index (χ0v) is 27.8. The normalized spacial score (nSPS) is 10.8. The van der Waals surface area contributed by atoms with Crippen LogP contribution in [0.15, 0.2) is 103 Å². The second kappa shape index (κ2) is 15.4. The predicted octanol–water partition coefficient (Wildman–Crippen LogP) is 8.03. The topological polar surface area (TPSA) is 41.6 Å². The second-order valence-corrected chi connectivity index (χ2v) is 14.9. The zero-order chi connectivity index (χ0) is 26.8. The first kappa shape index (κ1) is 32.0. The molecule has 3 aromatic carbocycles. The average Bonchev–Trinajstić information content (AvgIpc) is 3.41. The molecule has 6 heteroatoms. The number of hydrogen-bond donors (Lipinski definition) is 1. The standard InChI is InChI=1S/C16H17N3.2C8H11P.Os/c1-16(2,3)14-10-13(18-19-14)15-12-7-5-4-6-11(12)8-9-17-15;2*1-9(2)8-6-4-3-5-7-8;/h4-10H,1-3H3,(H,18,19);2*3-7H,1-2H3;. The van der Waals surface area contributed by atoms with Crippen LogP contribution in [0.25, 0.3) is 22.2 Å². The second-order valence-electron chi connectivity index (χ2n) is 10.3. The molecule has 0 unspecified atom stereocenters. The smallest absolute Gasteiger partial charge is 0.111 e. The minimum Gasteiger partial charge on any atom is -0.281 e. The molecule has 0 bridgehead atoms. The van der Waals surface area contributed by atoms with Crippen molar-refractivity contribution in [2.24, 2.45) is 0 Å². The van der Waals surface area contributed by atoms with Gasteiger partial charge in [0.25, 0.3) is 0 Å². The van der Waals surface area contributed by atoms with Gasteiger partial charge in [0.15, 0.2) is 0 Å². The van der Waals surface area contributed by atoms with Gasteiger partial charge in [0.2, 0.25) is 0 Å². The number of nitrogens with one attached hydrogen (secondary N) is 1. The van der Waals surface area contributed by atoms with E-state index < -0.39 is 0 Å². The van der Waals surface area contributed by atoms with Crippen molar-refractivity contribution in [3.8, 4) is 11.4 Å². The Bertz CT molecular complexity index is 1310. The number of nitrogens with zero attached hydrogens (tertiary/aromatic N) is 2. The fraction of sp³-hybridized carbons (Fsp3) is 0.250. The first-order valence-corrected chi connectivity index (χ1v) is 17.0. The summed E-state index contributed by atoms with van der Waals surface area (Å²) in [4.78, 5) is 4.49. The Morgan fingerprint density at radius 3 is 1.61 bits per heavy atom. The molecule has 3 nitrogen and oxygen atoms in total. The fourth-order valence-electron chi connectivity index (χ4n) is 3.60. The summed E-state index contributed by atoms with van der Waals surface area (Å²) >= 11 is 0. The Balaban J connectivity index is 0.000000224. The molecule has 0 atom stereocenters. The van der Waals surface area contributed by atoms with Gasteiger partial charge in [-0.05, 0) is 54.8 Å². The molecule has 38 heavy (non-hydrogen) atoms. The van der Waals surface area contributed by atoms with E-state index in [2.05, 4.69) is 141 Å². The van der Waals surface area contributed by atoms with E-state index in [1.54, 1.807) is 0 Å². The molecule has 200 valence electrons. The maximum Gasteiger partial charge on any atom is 0.111 e. The summed E-state index contributed by atoms with van der Waals surface area (Å²) in [6, 6.07) is 33.6. The number of aromatic nitrogens is 3. The largest absolute Gasteiger partial charge is 0.281 e. The van der Waals surface area contributed by atoms with Gasteiger partial charge in [0.05, 0.1) is 5.69 Å². The van der Waals surface area contributed by atoms with Crippen molar-refractivity contribution >= 4 is 37.2 Å². The van der Waals surface area contributed by atoms with E-state index in [1.807, 2.05) is 24.4 Å². The van der Waals surface area contributed by atoms with E-state index in [4.69, 9.17) is 0 Å². The third kappa shape index (κ3) is 9.51. The van der Waals surface area contributed by atoms with Gasteiger partial charge in [0.1, 0.15) is 5.69 Å². The van der Waals surface area contributed by atoms with Crippen LogP contribution in [0.2, 0.25) is 0 Å². The van der Waals surface area contributed by atoms with Gasteiger partial charge >= 0.3 is 0 Å². The van der Waals surface area contributed by atoms with E-state index in [-0.39, 0.29) is 41.0 Å². The minimum absolute atomic E-state index is 0. The minimum atomic E-state index is 0. The van der Waals surface area contributed by atoms with Gasteiger partial charge in [0, 0.05) is 42.5 Å². The number of rotatable bonds is 3. The summed E-state index contributed by atoms with van der Waals surface area (Å²) in [5.74, 6) is 0. The number of hydrogen-bond acceptors (Lipinski definition) is 2. The molecule has 0 radical (unpaired) electrons. The molecule has 0 spiro atoms. The maximum absolute atomic E-state index is 4.49. The summed E-state index contributed by atoms with van der Waals surface area (Å²) in [5, 5.41) is 12.8. The van der Waals surface area contributed by atoms with Crippen LogP contribution in [0.5, 0.6) is 0 Å². The summed E-state index contributed by atoms with van der Waals surface area (Å²) in [5.41, 5.74) is 3.03. The summed E-state index contributed by atoms with van der Waals surface area (Å²) in [6.07, 6.45) is 1.84. The molecule has 0 saturated carbocycles. The fourth-order valence-corrected chi connectivity index (χ4v) is 5.14. The first-order valence-electron chi connectivity index (χ1n) is 12.5. The van der Waals surface area contributed by atoms with Crippen LogP contribution < -0.4 is 10.6 Å². The van der Waals surface area contributed by atoms with Gasteiger partial charge in [-0.2, -0.15) is 5.10 Å². The molecule has 0 aliphatic carbocycles. The molecule has 0 aliphatic rings. The van der Waals surface area contributed by atoms with Crippen LogP contribution in [0.4, 0.5) is 0 Å². The van der Waals surface area contributed by atoms with Crippen LogP contribution in [-0.2, 0) is 25.2 Å². The molecule has 0 saturated heterocycles. The molecule has 0 aliphatic heterocycles. The van der Waals surface area contributed by atoms with Gasteiger partial charge in [-0.3, -0.25) is 10.1 Å². The van der Waals surface area contributed by atoms with E-state index in [9.17, 15) is 0 Å². The van der Waals surface area contributed by atoms with Crippen molar-refractivity contribution in [3.05, 3.63) is 109 Å². The van der Waals surface area contributed by atoms with Gasteiger partial charge in [-0.25, -0.2) is 0 Å². The molecule has 2 heterocycles. The van der Waals surface area contributed by atoms with Crippen LogP contribution in [-0.4, -0.2) is 41.8 Å². The Hall–Kier alpha value is -2.22. The molecule has 5 rings (SSSR count). The number of H-pyrrole nitrogens is 1. The van der Waals surface area contributed by atoms with E-state index in [0.29, 0.717) is 0 Å². The Morgan fingerprint density at radius 1 is 0.658 bits per heavy atom. The van der Waals surface area contributed by atoms with Gasteiger partial charge in [-0.1, -0.05) is 122 Å². The monoisotopic (exact) mass is 719 g/mol. The van der Waals surface area contributed by atoms with Crippen molar-refractivity contribution in [1.82, 2.24) is 15.2 Å². The van der Waals surface area contributed by atoms with Crippen LogP contribution >= 0.6 is 15.8 Å². The molecule has 0 fully saturated rings. The Labute approximate surface area is 244 Å². The van der Waals surface area contributed by atoms with Crippen molar-refractivity contribution in [2.75, 3.05) is 26.7 Å². The molecule has 2 aromatic heterocycles. The third-order valence-corrected chi connectivity index (χ3v) is 8.51. The third-order valence-electron chi connectivity index (χ3n) is 5.85. The Morgan fingerprint density at radius 2 is 1.16 bits per heavy atom. The van der Waals surface area contributed by atoms with Crippen molar-refractivity contribution in [2.45, 2.75) is 26.2 Å². The SMILES string of the molecule is CC(C)(C)c1cc(-c2nccc3ccccc23)n[nH]1.CP(C)c1ccccc1.CP(C)c1ccccc1.[Os]. The molecule has 1 N–H and O–H groups in total. The van der Waals surface area contributed by atoms with Crippen molar-refractivity contribution in [1.29, 1.82) is 0 Å². The van der Waals surface area contributed by atoms with Crippen molar-refractivity contribution in [3.63, 3.8) is 0 Å². The molecule has 5 aromatic rings. The van der Waals surface area contributed by atoms with Crippen LogP contribution in [0.3, 0.4) is 0 Å². The summed E-state index contributed by atoms with van der Waals surface area (Å²) in [7, 11) is 0.209. The number of pyridine rings is 1. The summed E-state index contributed by atoms with van der Waals surface area (Å²) in [6.45, 7) is 15.6. The number of fused-ring (bicyclic) bond motifs is 1. The molecule has 0 amide bonds. The number of aromatic amines is 1. The average molecular weight is 718 g/mol. The van der Waals surface area contributed by atoms with Crippen molar-refractivity contribution < 1.29 is 19.8 Å². The first-order chi connectivity index (χ1) is 17.7. The zero-order valence-electron chi connectivity index (χ0n) is 23.5. The van der Waals surface area contributed by atoms with E-state index >= 15 is 0 Å². The van der Waals surface area contributed by atoms with Crippen LogP contribution in [0.1, 0.15) is 26.5 Å².